The molecule has 0 unspecified atom stereocenters. The second-order valence-corrected chi connectivity index (χ2v) is 6.11. The van der Waals surface area contributed by atoms with Crippen LogP contribution in [-0.4, -0.2) is 106 Å². The standard InChI is InChI=1S/C8H5F13O3S.K.H/c9-3(10,1-2-25(22,23)24)4(11,12)5(13,14)6(15,16)7(17,18)8(19,20)21;;/h1-2H2,(H,22,23,24);;. The van der Waals surface area contributed by atoms with Crippen molar-refractivity contribution in [2.75, 3.05) is 5.75 Å². The Morgan fingerprint density at radius 1 is 0.615 bits per heavy atom. The van der Waals surface area contributed by atoms with E-state index in [1.165, 1.54) is 0 Å². The van der Waals surface area contributed by atoms with E-state index in [9.17, 15) is 65.5 Å². The van der Waals surface area contributed by atoms with Gasteiger partial charge in [0.05, 0.1) is 5.75 Å². The average molecular weight is 468 g/mol. The van der Waals surface area contributed by atoms with Gasteiger partial charge in [0.1, 0.15) is 0 Å². The van der Waals surface area contributed by atoms with E-state index in [0.29, 0.717) is 0 Å². The predicted octanol–water partition coefficient (Wildman–Crippen LogP) is 3.35. The Labute approximate surface area is 178 Å². The van der Waals surface area contributed by atoms with E-state index in [1.807, 2.05) is 0 Å². The maximum atomic E-state index is 13.0. The molecular weight excluding hydrogens is 462 g/mol. The molecule has 0 aromatic rings. The average Bonchev–Trinajstić information content (AvgIpc) is 2.33. The zero-order chi connectivity index (χ0) is 20.9. The van der Waals surface area contributed by atoms with Crippen molar-refractivity contribution < 1.29 is 70.0 Å². The number of halogens is 13. The molecule has 0 atom stereocenters. The van der Waals surface area contributed by atoms with E-state index in [4.69, 9.17) is 4.55 Å². The van der Waals surface area contributed by atoms with Crippen LogP contribution in [0.15, 0.2) is 0 Å². The van der Waals surface area contributed by atoms with Gasteiger partial charge in [0.15, 0.2) is 0 Å². The van der Waals surface area contributed by atoms with Gasteiger partial charge in [0, 0.05) is 6.42 Å². The summed E-state index contributed by atoms with van der Waals surface area (Å²) >= 11 is 0. The van der Waals surface area contributed by atoms with Crippen molar-refractivity contribution in [3.63, 3.8) is 0 Å². The fourth-order valence-corrected chi connectivity index (χ4v) is 1.73. The molecule has 0 saturated heterocycles. The van der Waals surface area contributed by atoms with Crippen LogP contribution in [0.5, 0.6) is 0 Å². The molecule has 0 heterocycles. The molecule has 0 radical (unpaired) electrons. The zero-order valence-corrected chi connectivity index (χ0v) is 11.8. The van der Waals surface area contributed by atoms with Crippen molar-refractivity contribution in [3.8, 4) is 0 Å². The molecular formula is C8H6F13KO3S. The molecule has 0 rings (SSSR count). The number of rotatable bonds is 7. The Balaban J connectivity index is 0. The van der Waals surface area contributed by atoms with Crippen molar-refractivity contribution in [2.24, 2.45) is 0 Å². The van der Waals surface area contributed by atoms with Crippen molar-refractivity contribution in [2.45, 2.75) is 42.2 Å². The summed E-state index contributed by atoms with van der Waals surface area (Å²) in [5, 5.41) is 0. The maximum absolute atomic E-state index is 13.0. The van der Waals surface area contributed by atoms with Crippen LogP contribution in [0.25, 0.3) is 0 Å². The van der Waals surface area contributed by atoms with Crippen molar-refractivity contribution in [1.82, 2.24) is 0 Å². The summed E-state index contributed by atoms with van der Waals surface area (Å²) < 4.78 is 192. The minimum absolute atomic E-state index is 0. The Kier molecular flexibility index (Phi) is 8.66. The third-order valence-electron chi connectivity index (χ3n) is 2.67. The summed E-state index contributed by atoms with van der Waals surface area (Å²) in [5.41, 5.74) is 0. The summed E-state index contributed by atoms with van der Waals surface area (Å²) in [4.78, 5) is 0. The topological polar surface area (TPSA) is 54.4 Å². The zero-order valence-electron chi connectivity index (χ0n) is 11.0. The molecule has 0 aromatic heterocycles. The van der Waals surface area contributed by atoms with E-state index in [2.05, 4.69) is 0 Å². The van der Waals surface area contributed by atoms with Crippen LogP contribution in [-0.2, 0) is 10.1 Å². The Morgan fingerprint density at radius 3 is 1.19 bits per heavy atom. The van der Waals surface area contributed by atoms with Gasteiger partial charge in [0.2, 0.25) is 0 Å². The second-order valence-electron chi connectivity index (χ2n) is 4.54. The molecule has 0 aliphatic carbocycles. The number of hydrogen-bond donors (Lipinski definition) is 1. The Hall–Kier alpha value is 0.636. The number of alkyl halides is 13. The van der Waals surface area contributed by atoms with E-state index in [1.54, 1.807) is 0 Å². The van der Waals surface area contributed by atoms with Gasteiger partial charge in [-0.3, -0.25) is 4.55 Å². The third-order valence-corrected chi connectivity index (χ3v) is 3.39. The van der Waals surface area contributed by atoms with Gasteiger partial charge in [-0.1, -0.05) is 0 Å². The third kappa shape index (κ3) is 4.97. The van der Waals surface area contributed by atoms with E-state index >= 15 is 0 Å². The summed E-state index contributed by atoms with van der Waals surface area (Å²) in [7, 11) is -5.52. The first-order chi connectivity index (χ1) is 10.5. The molecule has 3 nitrogen and oxygen atoms in total. The minimum atomic E-state index is -8.04. The molecule has 26 heavy (non-hydrogen) atoms. The van der Waals surface area contributed by atoms with Crippen molar-refractivity contribution in [1.29, 1.82) is 0 Å². The van der Waals surface area contributed by atoms with Crippen molar-refractivity contribution in [3.05, 3.63) is 0 Å². The molecule has 1 N–H and O–H groups in total. The monoisotopic (exact) mass is 468 g/mol. The predicted molar refractivity (Wildman–Crippen MR) is 59.0 cm³/mol. The Morgan fingerprint density at radius 2 is 0.923 bits per heavy atom. The fourth-order valence-electron chi connectivity index (χ4n) is 1.22. The summed E-state index contributed by atoms with van der Waals surface area (Å²) in [6.45, 7) is 0. The van der Waals surface area contributed by atoms with Gasteiger partial charge in [-0.25, -0.2) is 0 Å². The molecule has 0 aliphatic heterocycles. The normalized spacial score (nSPS) is 15.6. The first-order valence-electron chi connectivity index (χ1n) is 5.36. The van der Waals surface area contributed by atoms with E-state index < -0.39 is 58.1 Å². The van der Waals surface area contributed by atoms with Gasteiger partial charge in [-0.15, -0.1) is 0 Å². The molecule has 0 aromatic carbocycles. The van der Waals surface area contributed by atoms with Gasteiger partial charge in [-0.05, 0) is 0 Å². The van der Waals surface area contributed by atoms with Gasteiger partial charge < -0.3 is 0 Å². The summed E-state index contributed by atoms with van der Waals surface area (Å²) in [5.74, 6) is -40.3. The quantitative estimate of drug-likeness (QED) is 0.354. The molecule has 154 valence electrons. The Bertz CT molecular complexity index is 597. The van der Waals surface area contributed by atoms with Crippen LogP contribution in [0.2, 0.25) is 0 Å². The van der Waals surface area contributed by atoms with Crippen LogP contribution in [0.4, 0.5) is 57.1 Å². The van der Waals surface area contributed by atoms with Crippen LogP contribution in [0.1, 0.15) is 6.42 Å². The van der Waals surface area contributed by atoms with Gasteiger partial charge >= 0.3 is 87.2 Å². The van der Waals surface area contributed by atoms with Crippen LogP contribution < -0.4 is 0 Å². The summed E-state index contributed by atoms with van der Waals surface area (Å²) in [6, 6.07) is 0. The molecule has 0 bridgehead atoms. The first-order valence-corrected chi connectivity index (χ1v) is 6.97. The van der Waals surface area contributed by atoms with Crippen LogP contribution in [0.3, 0.4) is 0 Å². The molecule has 0 amide bonds. The SMILES string of the molecule is O=S(=O)(O)CCC(F)(F)C(F)(F)C(F)(F)C(F)(F)C(F)(F)C(F)(F)F.[KH]. The molecule has 0 spiro atoms. The van der Waals surface area contributed by atoms with Crippen molar-refractivity contribution >= 4 is 61.5 Å². The van der Waals surface area contributed by atoms with Crippen LogP contribution >= 0.6 is 0 Å². The van der Waals surface area contributed by atoms with Crippen LogP contribution in [0, 0.1) is 0 Å². The van der Waals surface area contributed by atoms with Gasteiger partial charge in [0.25, 0.3) is 10.1 Å². The molecule has 18 heteroatoms. The fraction of sp³-hybridized carbons (Fsp3) is 1.00. The first kappa shape index (κ1) is 28.8. The second kappa shape index (κ2) is 7.81. The molecule has 0 fully saturated rings. The van der Waals surface area contributed by atoms with E-state index in [0.717, 1.165) is 0 Å². The molecule has 0 aliphatic rings. The van der Waals surface area contributed by atoms with Gasteiger partial charge in [-0.2, -0.15) is 65.5 Å². The number of hydrogen-bond acceptors (Lipinski definition) is 2. The molecule has 0 saturated carbocycles. The van der Waals surface area contributed by atoms with E-state index in [-0.39, 0.29) is 51.4 Å². The summed E-state index contributed by atoms with van der Waals surface area (Å²) in [6.07, 6.45) is -10.5.